The van der Waals surface area contributed by atoms with Crippen LogP contribution in [0.4, 0.5) is 0 Å². The Hall–Kier alpha value is -1.26. The third-order valence-electron chi connectivity index (χ3n) is 3.11. The minimum atomic E-state index is -0.813. The lowest BCUT2D eigenvalue weighted by atomic mass is 10.0. The number of carboxylic acid groups (broad SMARTS) is 1. The van der Waals surface area contributed by atoms with Crippen LogP contribution >= 0.6 is 23.2 Å². The molecular weight excluding hydrogens is 313 g/mol. The summed E-state index contributed by atoms with van der Waals surface area (Å²) in [4.78, 5) is 22.3. The summed E-state index contributed by atoms with van der Waals surface area (Å²) in [5.41, 5.74) is 0.884. The fourth-order valence-corrected chi connectivity index (χ4v) is 2.38. The van der Waals surface area contributed by atoms with Crippen molar-refractivity contribution in [1.82, 2.24) is 5.32 Å². The first-order valence-corrected chi connectivity index (χ1v) is 7.59. The molecule has 0 aliphatic heterocycles. The Labute approximate surface area is 134 Å². The topological polar surface area (TPSA) is 66.4 Å². The molecule has 1 unspecified atom stereocenters. The van der Waals surface area contributed by atoms with E-state index in [4.69, 9.17) is 28.3 Å². The first-order valence-electron chi connectivity index (χ1n) is 6.83. The van der Waals surface area contributed by atoms with Crippen molar-refractivity contribution in [1.29, 1.82) is 0 Å². The maximum absolute atomic E-state index is 11.9. The second kappa shape index (κ2) is 8.90. The molecule has 21 heavy (non-hydrogen) atoms. The van der Waals surface area contributed by atoms with E-state index in [1.165, 1.54) is 0 Å². The molecule has 0 spiro atoms. The van der Waals surface area contributed by atoms with Crippen LogP contribution in [0.3, 0.4) is 0 Å². The van der Waals surface area contributed by atoms with Crippen LogP contribution < -0.4 is 5.32 Å². The molecule has 0 heterocycles. The van der Waals surface area contributed by atoms with Gasteiger partial charge in [0.15, 0.2) is 0 Å². The number of amides is 1. The van der Waals surface area contributed by atoms with Gasteiger partial charge in [0.2, 0.25) is 5.91 Å². The molecule has 4 nitrogen and oxygen atoms in total. The maximum Gasteiger partial charge on any atom is 0.303 e. The first kappa shape index (κ1) is 17.8. The van der Waals surface area contributed by atoms with Crippen molar-refractivity contribution >= 4 is 35.1 Å². The zero-order chi connectivity index (χ0) is 15.8. The molecule has 0 bridgehead atoms. The molecule has 0 aliphatic carbocycles. The third-order valence-corrected chi connectivity index (χ3v) is 3.69. The summed E-state index contributed by atoms with van der Waals surface area (Å²) in [6, 6.07) is 5.23. The predicted molar refractivity (Wildman–Crippen MR) is 83.8 cm³/mol. The standard InChI is InChI=1S/C15H19Cl2NO3/c1-10(8-11-5-6-12(16)9-13(11)17)15(21)18-7-3-2-4-14(19)20/h5-6,9-10H,2-4,7-8H2,1H3,(H,18,21)(H,19,20). The van der Waals surface area contributed by atoms with Crippen molar-refractivity contribution in [3.8, 4) is 0 Å². The van der Waals surface area contributed by atoms with Crippen molar-refractivity contribution < 1.29 is 14.7 Å². The van der Waals surface area contributed by atoms with E-state index in [0.29, 0.717) is 35.9 Å². The highest BCUT2D eigenvalue weighted by molar-refractivity contribution is 6.35. The normalized spacial score (nSPS) is 12.0. The van der Waals surface area contributed by atoms with Gasteiger partial charge < -0.3 is 10.4 Å². The fourth-order valence-electron chi connectivity index (χ4n) is 1.90. The van der Waals surface area contributed by atoms with E-state index >= 15 is 0 Å². The van der Waals surface area contributed by atoms with Crippen molar-refractivity contribution in [2.75, 3.05) is 6.54 Å². The van der Waals surface area contributed by atoms with Crippen molar-refractivity contribution in [3.63, 3.8) is 0 Å². The molecule has 0 saturated heterocycles. The lowest BCUT2D eigenvalue weighted by Gasteiger charge is -2.13. The highest BCUT2D eigenvalue weighted by Gasteiger charge is 2.14. The summed E-state index contributed by atoms with van der Waals surface area (Å²) < 4.78 is 0. The van der Waals surface area contributed by atoms with E-state index in [-0.39, 0.29) is 18.2 Å². The number of unbranched alkanes of at least 4 members (excludes halogenated alkanes) is 1. The van der Waals surface area contributed by atoms with Crippen LogP contribution in [-0.4, -0.2) is 23.5 Å². The Morgan fingerprint density at radius 2 is 2.00 bits per heavy atom. The van der Waals surface area contributed by atoms with Gasteiger partial charge in [-0.15, -0.1) is 0 Å². The largest absolute Gasteiger partial charge is 0.481 e. The molecule has 1 atom stereocenters. The van der Waals surface area contributed by atoms with Gasteiger partial charge >= 0.3 is 5.97 Å². The zero-order valence-electron chi connectivity index (χ0n) is 11.9. The minimum absolute atomic E-state index is 0.0589. The van der Waals surface area contributed by atoms with E-state index in [1.54, 1.807) is 12.1 Å². The molecule has 0 aromatic heterocycles. The van der Waals surface area contributed by atoms with E-state index < -0.39 is 5.97 Å². The number of carbonyl (C=O) groups is 2. The number of carbonyl (C=O) groups excluding carboxylic acids is 1. The average Bonchev–Trinajstić information content (AvgIpc) is 2.40. The first-order chi connectivity index (χ1) is 9.90. The van der Waals surface area contributed by atoms with Gasteiger partial charge in [-0.1, -0.05) is 36.2 Å². The van der Waals surface area contributed by atoms with Crippen LogP contribution in [0, 0.1) is 5.92 Å². The maximum atomic E-state index is 11.9. The Morgan fingerprint density at radius 3 is 2.62 bits per heavy atom. The van der Waals surface area contributed by atoms with Crippen LogP contribution in [0.5, 0.6) is 0 Å². The Morgan fingerprint density at radius 1 is 1.29 bits per heavy atom. The number of benzene rings is 1. The van der Waals surface area contributed by atoms with Gasteiger partial charge in [-0.2, -0.15) is 0 Å². The Bertz CT molecular complexity index is 506. The third kappa shape index (κ3) is 6.82. The number of hydrogen-bond acceptors (Lipinski definition) is 2. The lowest BCUT2D eigenvalue weighted by molar-refractivity contribution is -0.137. The van der Waals surface area contributed by atoms with Crippen molar-refractivity contribution in [2.24, 2.45) is 5.92 Å². The van der Waals surface area contributed by atoms with Gasteiger partial charge in [0, 0.05) is 28.9 Å². The molecule has 116 valence electrons. The molecule has 0 radical (unpaired) electrons. The number of halogens is 2. The molecule has 1 rings (SSSR count). The summed E-state index contributed by atoms with van der Waals surface area (Å²) in [6.07, 6.45) is 1.89. The Balaban J connectivity index is 2.35. The van der Waals surface area contributed by atoms with E-state index in [1.807, 2.05) is 13.0 Å². The van der Waals surface area contributed by atoms with E-state index in [2.05, 4.69) is 5.32 Å². The van der Waals surface area contributed by atoms with Crippen LogP contribution in [0.15, 0.2) is 18.2 Å². The minimum Gasteiger partial charge on any atom is -0.481 e. The SMILES string of the molecule is CC(Cc1ccc(Cl)cc1Cl)C(=O)NCCCCC(=O)O. The smallest absolute Gasteiger partial charge is 0.303 e. The van der Waals surface area contributed by atoms with Gasteiger partial charge in [0.05, 0.1) is 0 Å². The van der Waals surface area contributed by atoms with Gasteiger partial charge in [-0.25, -0.2) is 0 Å². The highest BCUT2D eigenvalue weighted by Crippen LogP contribution is 2.23. The zero-order valence-corrected chi connectivity index (χ0v) is 13.4. The fraction of sp³-hybridized carbons (Fsp3) is 0.467. The molecule has 0 saturated carbocycles. The van der Waals surface area contributed by atoms with E-state index in [9.17, 15) is 9.59 Å². The quantitative estimate of drug-likeness (QED) is 0.716. The van der Waals surface area contributed by atoms with Crippen LogP contribution in [-0.2, 0) is 16.0 Å². The summed E-state index contributed by atoms with van der Waals surface area (Å²) in [7, 11) is 0. The van der Waals surface area contributed by atoms with Gasteiger partial charge in [-0.3, -0.25) is 9.59 Å². The number of aliphatic carboxylic acids is 1. The van der Waals surface area contributed by atoms with Crippen molar-refractivity contribution in [2.45, 2.75) is 32.6 Å². The average molecular weight is 332 g/mol. The number of rotatable bonds is 8. The van der Waals surface area contributed by atoms with Crippen LogP contribution in [0.25, 0.3) is 0 Å². The lowest BCUT2D eigenvalue weighted by Crippen LogP contribution is -2.31. The summed E-state index contributed by atoms with van der Waals surface area (Å²) in [6.45, 7) is 2.32. The predicted octanol–water partition coefficient (Wildman–Crippen LogP) is 3.54. The molecule has 1 aromatic rings. The summed E-state index contributed by atoms with van der Waals surface area (Å²) in [5.74, 6) is -1.08. The van der Waals surface area contributed by atoms with Crippen LogP contribution in [0.1, 0.15) is 31.7 Å². The van der Waals surface area contributed by atoms with Gasteiger partial charge in [-0.05, 0) is 37.0 Å². The molecule has 0 fully saturated rings. The van der Waals surface area contributed by atoms with Crippen molar-refractivity contribution in [3.05, 3.63) is 33.8 Å². The number of carboxylic acids is 1. The second-order valence-corrected chi connectivity index (χ2v) is 5.83. The molecule has 2 N–H and O–H groups in total. The molecule has 1 aromatic carbocycles. The number of hydrogen-bond donors (Lipinski definition) is 2. The monoisotopic (exact) mass is 331 g/mol. The molecule has 1 amide bonds. The molecule has 0 aliphatic rings. The second-order valence-electron chi connectivity index (χ2n) is 4.98. The Kier molecular flexibility index (Phi) is 7.54. The van der Waals surface area contributed by atoms with E-state index in [0.717, 1.165) is 5.56 Å². The molecule has 6 heteroatoms. The van der Waals surface area contributed by atoms with Gasteiger partial charge in [0.25, 0.3) is 0 Å². The van der Waals surface area contributed by atoms with Gasteiger partial charge in [0.1, 0.15) is 0 Å². The van der Waals surface area contributed by atoms with Crippen LogP contribution in [0.2, 0.25) is 10.0 Å². The summed E-state index contributed by atoms with van der Waals surface area (Å²) in [5, 5.41) is 12.4. The highest BCUT2D eigenvalue weighted by atomic mass is 35.5. The summed E-state index contributed by atoms with van der Waals surface area (Å²) >= 11 is 11.9. The number of nitrogens with one attached hydrogen (secondary N) is 1. The molecular formula is C15H19Cl2NO3.